The molecule has 146 valence electrons. The number of ether oxygens (including phenoxy) is 1. The summed E-state index contributed by atoms with van der Waals surface area (Å²) in [5, 5.41) is 21.9. The molecular formula is C21H16N2O5S. The number of thiazole rings is 1. The van der Waals surface area contributed by atoms with Crippen LogP contribution in [-0.2, 0) is 6.42 Å². The van der Waals surface area contributed by atoms with E-state index in [1.165, 1.54) is 30.6 Å². The van der Waals surface area contributed by atoms with Crippen LogP contribution in [0, 0.1) is 10.1 Å². The average molecular weight is 408 g/mol. The van der Waals surface area contributed by atoms with Crippen LogP contribution in [0.1, 0.15) is 27.3 Å². The number of aromatic hydroxyl groups is 1. The number of phenolic OH excluding ortho intramolecular Hbond substituents is 1. The van der Waals surface area contributed by atoms with Gasteiger partial charge in [-0.15, -0.1) is 11.3 Å². The minimum absolute atomic E-state index is 0.0147. The van der Waals surface area contributed by atoms with Gasteiger partial charge in [-0.1, -0.05) is 30.3 Å². The molecule has 29 heavy (non-hydrogen) atoms. The summed E-state index contributed by atoms with van der Waals surface area (Å²) in [6.07, 6.45) is 2.72. The summed E-state index contributed by atoms with van der Waals surface area (Å²) in [6, 6.07) is 12.4. The first-order valence-corrected chi connectivity index (χ1v) is 9.65. The van der Waals surface area contributed by atoms with E-state index < -0.39 is 16.4 Å². The maximum absolute atomic E-state index is 13.0. The van der Waals surface area contributed by atoms with Crippen LogP contribution in [0.25, 0.3) is 16.6 Å². The molecule has 0 radical (unpaired) electrons. The molecule has 0 spiro atoms. The normalized spacial score (nSPS) is 14.7. The predicted molar refractivity (Wildman–Crippen MR) is 109 cm³/mol. The van der Waals surface area contributed by atoms with Crippen LogP contribution in [-0.4, -0.2) is 27.9 Å². The number of allylic oxidation sites excluding steroid dienone is 1. The first-order chi connectivity index (χ1) is 14.0. The summed E-state index contributed by atoms with van der Waals surface area (Å²) in [4.78, 5) is 28.7. The number of phenols is 1. The lowest BCUT2D eigenvalue weighted by Gasteiger charge is -2.12. The second-order valence-electron chi connectivity index (χ2n) is 6.51. The van der Waals surface area contributed by atoms with E-state index in [0.717, 1.165) is 16.3 Å². The van der Waals surface area contributed by atoms with Gasteiger partial charge in [0.2, 0.25) is 11.5 Å². The Bertz CT molecular complexity index is 1150. The van der Waals surface area contributed by atoms with E-state index in [0.29, 0.717) is 28.9 Å². The number of carbonyl (C=O) groups excluding carboxylic acids is 1. The molecule has 1 aliphatic rings. The molecule has 1 aliphatic carbocycles. The molecule has 1 heterocycles. The van der Waals surface area contributed by atoms with Gasteiger partial charge < -0.3 is 9.84 Å². The van der Waals surface area contributed by atoms with Crippen LogP contribution in [0.2, 0.25) is 0 Å². The second kappa shape index (κ2) is 7.48. The number of nitro groups is 1. The Balaban J connectivity index is 1.71. The third-order valence-electron chi connectivity index (χ3n) is 4.68. The van der Waals surface area contributed by atoms with Crippen molar-refractivity contribution in [1.82, 2.24) is 4.98 Å². The quantitative estimate of drug-likeness (QED) is 0.383. The summed E-state index contributed by atoms with van der Waals surface area (Å²) in [5.41, 5.74) is 2.24. The molecule has 0 aliphatic heterocycles. The maximum atomic E-state index is 13.0. The van der Waals surface area contributed by atoms with Crippen molar-refractivity contribution in [3.05, 3.63) is 74.3 Å². The van der Waals surface area contributed by atoms with Gasteiger partial charge in [0.1, 0.15) is 5.01 Å². The van der Waals surface area contributed by atoms with Crippen molar-refractivity contribution in [2.75, 3.05) is 7.11 Å². The fourth-order valence-corrected chi connectivity index (χ4v) is 4.34. The van der Waals surface area contributed by atoms with Crippen LogP contribution in [0.5, 0.6) is 11.5 Å². The Kier molecular flexibility index (Phi) is 4.85. The van der Waals surface area contributed by atoms with Gasteiger partial charge in [-0.05, 0) is 30.5 Å². The molecule has 1 aromatic heterocycles. The zero-order chi connectivity index (χ0) is 20.5. The Labute approximate surface area is 170 Å². The van der Waals surface area contributed by atoms with Gasteiger partial charge in [0, 0.05) is 17.2 Å². The van der Waals surface area contributed by atoms with Crippen LogP contribution in [0.4, 0.5) is 5.69 Å². The first kappa shape index (κ1) is 18.8. The lowest BCUT2D eigenvalue weighted by Crippen LogP contribution is -2.12. The molecule has 0 fully saturated rings. The van der Waals surface area contributed by atoms with Crippen LogP contribution in [0.3, 0.4) is 0 Å². The molecule has 0 unspecified atom stereocenters. The first-order valence-electron chi connectivity index (χ1n) is 8.83. The van der Waals surface area contributed by atoms with Crippen molar-refractivity contribution in [1.29, 1.82) is 0 Å². The molecular weight excluding hydrogens is 392 g/mol. The number of benzene rings is 2. The minimum atomic E-state index is -0.685. The van der Waals surface area contributed by atoms with Crippen LogP contribution in [0.15, 0.2) is 48.0 Å². The highest BCUT2D eigenvalue weighted by Crippen LogP contribution is 2.39. The third-order valence-corrected chi connectivity index (χ3v) is 5.83. The molecule has 4 rings (SSSR count). The molecule has 0 saturated heterocycles. The smallest absolute Gasteiger partial charge is 0.315 e. The molecule has 2 aromatic carbocycles. The SMILES string of the molecule is COc1cc(C=C2CCc3nc(-c4ccccc4)sc3C2=O)cc([N+](=O)[O-])c1O. The number of nitro benzene ring substituents is 1. The number of fused-ring (bicyclic) bond motifs is 1. The fraction of sp³-hybridized carbons (Fsp3) is 0.143. The number of nitrogens with zero attached hydrogens (tertiary/aromatic N) is 2. The Morgan fingerprint density at radius 1 is 1.24 bits per heavy atom. The van der Waals surface area contributed by atoms with Gasteiger partial charge in [0.15, 0.2) is 5.75 Å². The highest BCUT2D eigenvalue weighted by molar-refractivity contribution is 7.17. The van der Waals surface area contributed by atoms with Gasteiger partial charge in [-0.2, -0.15) is 0 Å². The van der Waals surface area contributed by atoms with E-state index in [2.05, 4.69) is 4.98 Å². The number of aromatic nitrogens is 1. The standard InChI is InChI=1S/C21H16N2O5S/c1-28-17-11-12(10-16(19(17)25)23(26)27)9-14-7-8-15-20(18(14)24)29-21(22-15)13-5-3-2-4-6-13/h2-6,9-11,25H,7-8H2,1H3. The molecule has 7 nitrogen and oxygen atoms in total. The number of rotatable bonds is 4. The summed E-state index contributed by atoms with van der Waals surface area (Å²) in [5.74, 6) is -0.674. The molecule has 0 atom stereocenters. The van der Waals surface area contributed by atoms with Crippen molar-refractivity contribution < 1.29 is 19.6 Å². The Morgan fingerprint density at radius 2 is 2.00 bits per heavy atom. The molecule has 8 heteroatoms. The Morgan fingerprint density at radius 3 is 2.69 bits per heavy atom. The van der Waals surface area contributed by atoms with Crippen LogP contribution >= 0.6 is 11.3 Å². The second-order valence-corrected chi connectivity index (χ2v) is 7.51. The van der Waals surface area contributed by atoms with Crippen LogP contribution < -0.4 is 4.74 Å². The van der Waals surface area contributed by atoms with Crippen molar-refractivity contribution >= 4 is 28.9 Å². The summed E-state index contributed by atoms with van der Waals surface area (Å²) in [7, 11) is 1.32. The summed E-state index contributed by atoms with van der Waals surface area (Å²) < 4.78 is 5.02. The zero-order valence-electron chi connectivity index (χ0n) is 15.4. The molecule has 0 bridgehead atoms. The number of carbonyl (C=O) groups is 1. The van der Waals surface area contributed by atoms with Crippen molar-refractivity contribution in [2.45, 2.75) is 12.8 Å². The number of ketones is 1. The van der Waals surface area contributed by atoms with E-state index >= 15 is 0 Å². The minimum Gasteiger partial charge on any atom is -0.500 e. The maximum Gasteiger partial charge on any atom is 0.315 e. The van der Waals surface area contributed by atoms with Crippen molar-refractivity contribution in [3.63, 3.8) is 0 Å². The molecule has 0 amide bonds. The average Bonchev–Trinajstić information content (AvgIpc) is 3.17. The van der Waals surface area contributed by atoms with Gasteiger partial charge in [0.25, 0.3) is 0 Å². The Hall–Kier alpha value is -3.52. The summed E-state index contributed by atoms with van der Waals surface area (Å²) in [6.45, 7) is 0. The van der Waals surface area contributed by atoms with Gasteiger partial charge >= 0.3 is 5.69 Å². The van der Waals surface area contributed by atoms with E-state index in [4.69, 9.17) is 4.74 Å². The lowest BCUT2D eigenvalue weighted by atomic mass is 9.94. The van der Waals surface area contributed by atoms with Gasteiger partial charge in [-0.25, -0.2) is 4.98 Å². The number of methoxy groups -OCH3 is 1. The fourth-order valence-electron chi connectivity index (χ4n) is 3.25. The van der Waals surface area contributed by atoms with Crippen molar-refractivity contribution in [2.24, 2.45) is 0 Å². The highest BCUT2D eigenvalue weighted by Gasteiger charge is 2.27. The highest BCUT2D eigenvalue weighted by atomic mass is 32.1. The molecule has 3 aromatic rings. The van der Waals surface area contributed by atoms with E-state index in [-0.39, 0.29) is 11.5 Å². The summed E-state index contributed by atoms with van der Waals surface area (Å²) >= 11 is 1.35. The van der Waals surface area contributed by atoms with Gasteiger partial charge in [0.05, 0.1) is 22.6 Å². The largest absolute Gasteiger partial charge is 0.500 e. The third kappa shape index (κ3) is 3.50. The number of aryl methyl sites for hydroxylation is 1. The van der Waals surface area contributed by atoms with E-state index in [1.54, 1.807) is 6.08 Å². The molecule has 1 N–H and O–H groups in total. The van der Waals surface area contributed by atoms with Gasteiger partial charge in [-0.3, -0.25) is 14.9 Å². The lowest BCUT2D eigenvalue weighted by molar-refractivity contribution is -0.386. The van der Waals surface area contributed by atoms with E-state index in [9.17, 15) is 20.0 Å². The molecule has 0 saturated carbocycles. The predicted octanol–water partition coefficient (Wildman–Crippen LogP) is 4.65. The number of hydrogen-bond donors (Lipinski definition) is 1. The van der Waals surface area contributed by atoms with E-state index in [1.807, 2.05) is 30.3 Å². The topological polar surface area (TPSA) is 103 Å². The monoisotopic (exact) mass is 408 g/mol. The number of hydrogen-bond acceptors (Lipinski definition) is 7. The zero-order valence-corrected chi connectivity index (χ0v) is 16.2. The van der Waals surface area contributed by atoms with Crippen molar-refractivity contribution in [3.8, 4) is 22.1 Å². The number of Topliss-reactive ketones (excluding diaryl/α,β-unsaturated/α-hetero) is 1.